The summed E-state index contributed by atoms with van der Waals surface area (Å²) in [6.07, 6.45) is 0. The van der Waals surface area contributed by atoms with Gasteiger partial charge in [0.1, 0.15) is 28.5 Å². The van der Waals surface area contributed by atoms with E-state index in [9.17, 15) is 18.4 Å². The maximum atomic E-state index is 13.9. The minimum atomic E-state index is -0.737. The van der Waals surface area contributed by atoms with E-state index in [1.165, 1.54) is 16.7 Å². The molecule has 0 bridgehead atoms. The van der Waals surface area contributed by atoms with Crippen molar-refractivity contribution in [3.63, 3.8) is 0 Å². The van der Waals surface area contributed by atoms with Gasteiger partial charge in [0.05, 0.1) is 13.2 Å². The zero-order valence-electron chi connectivity index (χ0n) is 17.1. The summed E-state index contributed by atoms with van der Waals surface area (Å²) in [6, 6.07) is 7.83. The number of aromatic nitrogens is 1. The van der Waals surface area contributed by atoms with Gasteiger partial charge in [-0.1, -0.05) is 0 Å². The van der Waals surface area contributed by atoms with Gasteiger partial charge in [0.2, 0.25) is 5.88 Å². The summed E-state index contributed by atoms with van der Waals surface area (Å²) in [5.74, 6) is -1.19. The fourth-order valence-electron chi connectivity index (χ4n) is 3.34. The minimum Gasteiger partial charge on any atom is -0.487 e. The number of carbonyl (C=O) groups is 1. The highest BCUT2D eigenvalue weighted by atomic mass is 79.9. The second-order valence-electron chi connectivity index (χ2n) is 7.17. The van der Waals surface area contributed by atoms with Crippen LogP contribution in [0.3, 0.4) is 0 Å². The van der Waals surface area contributed by atoms with Crippen LogP contribution in [0.1, 0.15) is 21.8 Å². The molecular formula is C22H19BrF2N2O5. The second-order valence-corrected chi connectivity index (χ2v) is 7.96. The molecule has 0 N–H and O–H groups in total. The molecule has 10 heteroatoms. The lowest BCUT2D eigenvalue weighted by Crippen LogP contribution is -2.40. The number of furan rings is 1. The fraction of sp³-hybridized carbons (Fsp3) is 0.273. The van der Waals surface area contributed by atoms with Gasteiger partial charge >= 0.3 is 0 Å². The molecule has 1 fully saturated rings. The molecule has 7 nitrogen and oxygen atoms in total. The number of pyridine rings is 1. The van der Waals surface area contributed by atoms with Gasteiger partial charge in [0.25, 0.3) is 11.5 Å². The van der Waals surface area contributed by atoms with Crippen molar-refractivity contribution >= 4 is 21.8 Å². The number of halogens is 3. The van der Waals surface area contributed by atoms with Gasteiger partial charge in [-0.25, -0.2) is 13.3 Å². The molecular weight excluding hydrogens is 490 g/mol. The van der Waals surface area contributed by atoms with E-state index >= 15 is 0 Å². The number of ether oxygens (including phenoxy) is 2. The van der Waals surface area contributed by atoms with E-state index < -0.39 is 17.2 Å². The molecule has 2 aromatic heterocycles. The summed E-state index contributed by atoms with van der Waals surface area (Å²) >= 11 is 3.22. The fourth-order valence-corrected chi connectivity index (χ4v) is 3.75. The Balaban J connectivity index is 1.57. The van der Waals surface area contributed by atoms with E-state index in [2.05, 4.69) is 15.9 Å². The second kappa shape index (κ2) is 9.25. The predicted molar refractivity (Wildman–Crippen MR) is 114 cm³/mol. The van der Waals surface area contributed by atoms with Gasteiger partial charge in [-0.3, -0.25) is 9.59 Å². The first kappa shape index (κ1) is 22.2. The molecule has 0 saturated carbocycles. The average molecular weight is 509 g/mol. The first-order valence-corrected chi connectivity index (χ1v) is 10.6. The first-order chi connectivity index (χ1) is 15.3. The van der Waals surface area contributed by atoms with Crippen LogP contribution in [-0.2, 0) is 11.3 Å². The summed E-state index contributed by atoms with van der Waals surface area (Å²) in [5, 5.41) is 0. The summed E-state index contributed by atoms with van der Waals surface area (Å²) in [5.41, 5.74) is 0.157. The lowest BCUT2D eigenvalue weighted by Gasteiger charge is -2.25. The van der Waals surface area contributed by atoms with E-state index in [0.29, 0.717) is 32.0 Å². The van der Waals surface area contributed by atoms with Gasteiger partial charge in [0.15, 0.2) is 5.76 Å². The number of aryl methyl sites for hydroxylation is 1. The summed E-state index contributed by atoms with van der Waals surface area (Å²) in [6.45, 7) is 3.36. The molecule has 168 valence electrons. The van der Waals surface area contributed by atoms with Crippen LogP contribution in [0.5, 0.6) is 5.75 Å². The Morgan fingerprint density at radius 2 is 1.91 bits per heavy atom. The summed E-state index contributed by atoms with van der Waals surface area (Å²) in [4.78, 5) is 27.2. The monoisotopic (exact) mass is 508 g/mol. The van der Waals surface area contributed by atoms with Crippen molar-refractivity contribution in [2.24, 2.45) is 0 Å². The quantitative estimate of drug-likeness (QED) is 0.523. The van der Waals surface area contributed by atoms with E-state index in [0.717, 1.165) is 12.1 Å². The van der Waals surface area contributed by atoms with Crippen LogP contribution in [0, 0.1) is 18.6 Å². The molecule has 32 heavy (non-hydrogen) atoms. The molecule has 4 rings (SSSR count). The van der Waals surface area contributed by atoms with Gasteiger partial charge in [0, 0.05) is 42.5 Å². The van der Waals surface area contributed by atoms with Crippen molar-refractivity contribution in [3.05, 3.63) is 79.9 Å². The van der Waals surface area contributed by atoms with Crippen molar-refractivity contribution in [1.29, 1.82) is 0 Å². The van der Waals surface area contributed by atoms with E-state index in [-0.39, 0.29) is 39.9 Å². The van der Waals surface area contributed by atoms with Crippen LogP contribution in [0.25, 0.3) is 5.88 Å². The minimum absolute atomic E-state index is 0.100. The number of nitrogens with zero attached hydrogens (tertiary/aromatic N) is 2. The highest BCUT2D eigenvalue weighted by molar-refractivity contribution is 9.10. The molecule has 0 radical (unpaired) electrons. The average Bonchev–Trinajstić information content (AvgIpc) is 3.26. The largest absolute Gasteiger partial charge is 0.487 e. The van der Waals surface area contributed by atoms with Crippen molar-refractivity contribution < 1.29 is 27.5 Å². The molecule has 0 aliphatic carbocycles. The van der Waals surface area contributed by atoms with Gasteiger partial charge in [-0.05, 0) is 41.1 Å². The third-order valence-corrected chi connectivity index (χ3v) is 5.75. The number of carbonyl (C=O) groups excluding carboxylic acids is 1. The highest BCUT2D eigenvalue weighted by Gasteiger charge is 2.23. The Morgan fingerprint density at radius 3 is 2.62 bits per heavy atom. The number of benzene rings is 1. The molecule has 1 aromatic carbocycles. The summed E-state index contributed by atoms with van der Waals surface area (Å²) in [7, 11) is 0. The topological polar surface area (TPSA) is 73.9 Å². The smallest absolute Gasteiger partial charge is 0.289 e. The lowest BCUT2D eigenvalue weighted by atomic mass is 10.2. The maximum absolute atomic E-state index is 13.9. The van der Waals surface area contributed by atoms with Crippen molar-refractivity contribution in [2.45, 2.75) is 13.5 Å². The maximum Gasteiger partial charge on any atom is 0.289 e. The first-order valence-electron chi connectivity index (χ1n) is 9.81. The molecule has 3 heterocycles. The molecule has 0 unspecified atom stereocenters. The van der Waals surface area contributed by atoms with Crippen LogP contribution >= 0.6 is 15.9 Å². The van der Waals surface area contributed by atoms with Crippen LogP contribution in [-0.4, -0.2) is 41.7 Å². The van der Waals surface area contributed by atoms with Gasteiger partial charge < -0.3 is 18.8 Å². The molecule has 0 spiro atoms. The van der Waals surface area contributed by atoms with Crippen LogP contribution < -0.4 is 10.3 Å². The Labute approximate surface area is 190 Å². The van der Waals surface area contributed by atoms with Crippen molar-refractivity contribution in [2.75, 3.05) is 26.3 Å². The third-order valence-electron chi connectivity index (χ3n) is 5.02. The SMILES string of the molecule is Cc1cc(OCc2ccc(F)cc2F)c(Br)c(=O)n1-c1ccc(C(=O)N2CCOCC2)o1. The number of morpholine rings is 1. The van der Waals surface area contributed by atoms with Crippen LogP contribution in [0.15, 0.2) is 50.1 Å². The number of rotatable bonds is 5. The number of hydrogen-bond donors (Lipinski definition) is 0. The number of amides is 1. The molecule has 0 atom stereocenters. The third kappa shape index (κ3) is 4.46. The molecule has 1 amide bonds. The Hall–Kier alpha value is -2.98. The normalized spacial score (nSPS) is 13.9. The van der Waals surface area contributed by atoms with Gasteiger partial charge in [-0.2, -0.15) is 0 Å². The standard InChI is InChI=1S/C22H19BrF2N2O5/c1-13-10-18(31-12-14-2-3-15(24)11-16(14)25)20(23)22(29)27(13)19-5-4-17(32-19)21(28)26-6-8-30-9-7-26/h2-5,10-11H,6-9,12H2,1H3. The zero-order valence-corrected chi connectivity index (χ0v) is 18.7. The molecule has 1 saturated heterocycles. The zero-order chi connectivity index (χ0) is 22.8. The Morgan fingerprint density at radius 1 is 1.16 bits per heavy atom. The van der Waals surface area contributed by atoms with Crippen LogP contribution in [0.4, 0.5) is 8.78 Å². The van der Waals surface area contributed by atoms with E-state index in [1.54, 1.807) is 24.0 Å². The lowest BCUT2D eigenvalue weighted by molar-refractivity contribution is 0.0282. The molecule has 3 aromatic rings. The van der Waals surface area contributed by atoms with Crippen molar-refractivity contribution in [1.82, 2.24) is 9.47 Å². The van der Waals surface area contributed by atoms with Crippen molar-refractivity contribution in [3.8, 4) is 11.6 Å². The van der Waals surface area contributed by atoms with E-state index in [4.69, 9.17) is 13.9 Å². The molecule has 1 aliphatic heterocycles. The number of hydrogen-bond acceptors (Lipinski definition) is 5. The van der Waals surface area contributed by atoms with Gasteiger partial charge in [-0.15, -0.1) is 0 Å². The predicted octanol–water partition coefficient (Wildman–Crippen LogP) is 3.83. The van der Waals surface area contributed by atoms with Crippen LogP contribution in [0.2, 0.25) is 0 Å². The Kier molecular flexibility index (Phi) is 6.43. The Bertz CT molecular complexity index is 1220. The van der Waals surface area contributed by atoms with E-state index in [1.807, 2.05) is 0 Å². The summed E-state index contributed by atoms with van der Waals surface area (Å²) < 4.78 is 44.8. The highest BCUT2D eigenvalue weighted by Crippen LogP contribution is 2.26. The molecule has 1 aliphatic rings.